The van der Waals surface area contributed by atoms with Crippen molar-refractivity contribution in [3.63, 3.8) is 0 Å². The third-order valence-corrected chi connectivity index (χ3v) is 7.01. The van der Waals surface area contributed by atoms with Gasteiger partial charge in [-0.25, -0.2) is 0 Å². The van der Waals surface area contributed by atoms with Crippen molar-refractivity contribution in [3.8, 4) is 5.75 Å². The van der Waals surface area contributed by atoms with Crippen molar-refractivity contribution < 1.29 is 28.4 Å². The molecule has 0 amide bonds. The highest BCUT2D eigenvalue weighted by molar-refractivity contribution is 5.41. The van der Waals surface area contributed by atoms with Gasteiger partial charge in [0.2, 0.25) is 0 Å². The first kappa shape index (κ1) is 37.6. The Kier molecular flexibility index (Phi) is 29.0. The third kappa shape index (κ3) is 28.5. The quantitative estimate of drug-likeness (QED) is 0.0665. The van der Waals surface area contributed by atoms with Crippen molar-refractivity contribution in [2.45, 2.75) is 110 Å². The van der Waals surface area contributed by atoms with Gasteiger partial charge >= 0.3 is 0 Å². The van der Waals surface area contributed by atoms with Gasteiger partial charge in [0.05, 0.1) is 59.5 Å². The minimum absolute atomic E-state index is 0.498. The van der Waals surface area contributed by atoms with Gasteiger partial charge in [-0.3, -0.25) is 0 Å². The van der Waals surface area contributed by atoms with Crippen molar-refractivity contribution in [1.82, 2.24) is 0 Å². The molecule has 0 heterocycles. The molecule has 1 aromatic carbocycles. The van der Waals surface area contributed by atoms with Crippen molar-refractivity contribution >= 4 is 5.69 Å². The summed E-state index contributed by atoms with van der Waals surface area (Å²) in [5.74, 6) is 0.790. The largest absolute Gasteiger partial charge is 0.491 e. The van der Waals surface area contributed by atoms with Crippen LogP contribution in [0.1, 0.15) is 110 Å². The predicted octanol–water partition coefficient (Wildman–Crippen LogP) is 7.99. The average molecular weight is 582 g/mol. The monoisotopic (exact) mass is 581 g/mol. The third-order valence-electron chi connectivity index (χ3n) is 7.01. The van der Waals surface area contributed by atoms with Crippen LogP contribution >= 0.6 is 0 Å². The topological polar surface area (TPSA) is 81.4 Å². The van der Waals surface area contributed by atoms with E-state index in [0.717, 1.165) is 24.5 Å². The van der Waals surface area contributed by atoms with Crippen LogP contribution in [0.15, 0.2) is 24.3 Å². The van der Waals surface area contributed by atoms with E-state index in [-0.39, 0.29) is 0 Å². The average Bonchev–Trinajstić information content (AvgIpc) is 2.98. The number of anilines is 1. The summed E-state index contributed by atoms with van der Waals surface area (Å²) in [6, 6.07) is 7.33. The molecule has 41 heavy (non-hydrogen) atoms. The molecule has 0 aliphatic carbocycles. The van der Waals surface area contributed by atoms with E-state index in [9.17, 15) is 0 Å². The number of rotatable bonds is 33. The van der Waals surface area contributed by atoms with E-state index in [2.05, 4.69) is 6.92 Å². The molecular weight excluding hydrogens is 518 g/mol. The van der Waals surface area contributed by atoms with Crippen molar-refractivity contribution in [1.29, 1.82) is 0 Å². The number of hydrogen-bond donors (Lipinski definition) is 1. The molecule has 0 saturated heterocycles. The number of nitrogen functional groups attached to an aromatic ring is 1. The Bertz CT molecular complexity index is 630. The van der Waals surface area contributed by atoms with E-state index in [4.69, 9.17) is 34.2 Å². The van der Waals surface area contributed by atoms with Gasteiger partial charge in [0.25, 0.3) is 0 Å². The second-order valence-electron chi connectivity index (χ2n) is 10.8. The molecule has 0 aliphatic heterocycles. The number of nitrogens with two attached hydrogens (primary N) is 1. The zero-order valence-electron chi connectivity index (χ0n) is 26.4. The van der Waals surface area contributed by atoms with Crippen molar-refractivity contribution in [3.05, 3.63) is 24.3 Å². The van der Waals surface area contributed by atoms with Crippen LogP contribution in [-0.2, 0) is 23.7 Å². The van der Waals surface area contributed by atoms with Gasteiger partial charge in [0.15, 0.2) is 0 Å². The molecule has 0 saturated carbocycles. The van der Waals surface area contributed by atoms with Crippen LogP contribution in [0.5, 0.6) is 5.75 Å². The van der Waals surface area contributed by atoms with E-state index in [0.29, 0.717) is 66.1 Å². The Morgan fingerprint density at radius 2 is 0.707 bits per heavy atom. The Morgan fingerprint density at radius 1 is 0.390 bits per heavy atom. The molecule has 1 aromatic rings. The number of benzene rings is 1. The van der Waals surface area contributed by atoms with E-state index in [1.54, 1.807) is 0 Å². The first-order valence-electron chi connectivity index (χ1n) is 16.7. The van der Waals surface area contributed by atoms with Crippen LogP contribution in [0.4, 0.5) is 5.69 Å². The van der Waals surface area contributed by atoms with Gasteiger partial charge < -0.3 is 34.2 Å². The van der Waals surface area contributed by atoms with Gasteiger partial charge in [-0.15, -0.1) is 0 Å². The molecular formula is C34H63NO6. The SMILES string of the molecule is CCCCCCCCCCCCCCCCCCOCCOCCOCCOCCOCCOc1ccc(N)cc1. The zero-order valence-corrected chi connectivity index (χ0v) is 26.4. The summed E-state index contributed by atoms with van der Waals surface area (Å²) in [5.41, 5.74) is 6.37. The second-order valence-corrected chi connectivity index (χ2v) is 10.8. The van der Waals surface area contributed by atoms with Crippen LogP contribution < -0.4 is 10.5 Å². The van der Waals surface area contributed by atoms with Crippen LogP contribution in [0.3, 0.4) is 0 Å². The Labute approximate surface area is 252 Å². The van der Waals surface area contributed by atoms with Gasteiger partial charge in [0, 0.05) is 12.3 Å². The fraction of sp³-hybridized carbons (Fsp3) is 0.824. The highest BCUT2D eigenvalue weighted by atomic mass is 16.6. The second kappa shape index (κ2) is 31.6. The minimum atomic E-state index is 0.498. The normalized spacial score (nSPS) is 11.3. The molecule has 0 radical (unpaired) electrons. The molecule has 0 fully saturated rings. The molecule has 0 aliphatic rings. The molecule has 7 nitrogen and oxygen atoms in total. The lowest BCUT2D eigenvalue weighted by Crippen LogP contribution is -2.14. The molecule has 2 N–H and O–H groups in total. The smallest absolute Gasteiger partial charge is 0.119 e. The van der Waals surface area contributed by atoms with Gasteiger partial charge in [-0.1, -0.05) is 103 Å². The molecule has 1 rings (SSSR count). The Morgan fingerprint density at radius 3 is 1.10 bits per heavy atom. The standard InChI is InChI=1S/C34H63NO6/c1-2-3-4-5-6-7-8-9-10-11-12-13-14-15-16-17-22-36-23-24-37-25-26-38-27-28-39-29-30-40-31-32-41-34-20-18-33(35)19-21-34/h18-21H,2-17,22-32,35H2,1H3. The molecule has 240 valence electrons. The maximum atomic E-state index is 5.68. The summed E-state index contributed by atoms with van der Waals surface area (Å²) in [6.45, 7) is 8.76. The maximum absolute atomic E-state index is 5.68. The van der Waals surface area contributed by atoms with Crippen LogP contribution in [0, 0.1) is 0 Å². The lowest BCUT2D eigenvalue weighted by molar-refractivity contribution is -0.0128. The number of hydrogen-bond acceptors (Lipinski definition) is 7. The van der Waals surface area contributed by atoms with Crippen molar-refractivity contribution in [2.75, 3.05) is 78.4 Å². The Hall–Kier alpha value is -1.38. The van der Waals surface area contributed by atoms with E-state index < -0.39 is 0 Å². The fourth-order valence-electron chi connectivity index (χ4n) is 4.52. The van der Waals surface area contributed by atoms with Crippen LogP contribution in [-0.4, -0.2) is 72.7 Å². The zero-order chi connectivity index (χ0) is 29.3. The van der Waals surface area contributed by atoms with Gasteiger partial charge in [0.1, 0.15) is 12.4 Å². The van der Waals surface area contributed by atoms with Gasteiger partial charge in [-0.2, -0.15) is 0 Å². The molecule has 7 heteroatoms. The summed E-state index contributed by atoms with van der Waals surface area (Å²) in [5, 5.41) is 0. The van der Waals surface area contributed by atoms with Crippen LogP contribution in [0.2, 0.25) is 0 Å². The van der Waals surface area contributed by atoms with E-state index in [1.807, 2.05) is 24.3 Å². The summed E-state index contributed by atoms with van der Waals surface area (Å²) in [6.07, 6.45) is 22.3. The minimum Gasteiger partial charge on any atom is -0.491 e. The predicted molar refractivity (Wildman–Crippen MR) is 170 cm³/mol. The van der Waals surface area contributed by atoms with Crippen LogP contribution in [0.25, 0.3) is 0 Å². The highest BCUT2D eigenvalue weighted by Gasteiger charge is 1.97. The maximum Gasteiger partial charge on any atom is 0.119 e. The molecule has 0 aromatic heterocycles. The Balaban J connectivity index is 1.63. The fourth-order valence-corrected chi connectivity index (χ4v) is 4.52. The summed E-state index contributed by atoms with van der Waals surface area (Å²) >= 11 is 0. The summed E-state index contributed by atoms with van der Waals surface area (Å²) < 4.78 is 33.3. The summed E-state index contributed by atoms with van der Waals surface area (Å²) in [7, 11) is 0. The van der Waals surface area contributed by atoms with Gasteiger partial charge in [-0.05, 0) is 30.7 Å². The molecule has 0 unspecified atom stereocenters. The lowest BCUT2D eigenvalue weighted by Gasteiger charge is -2.09. The molecule has 0 atom stereocenters. The lowest BCUT2D eigenvalue weighted by atomic mass is 10.0. The first-order valence-corrected chi connectivity index (χ1v) is 16.7. The first-order chi connectivity index (χ1) is 20.3. The van der Waals surface area contributed by atoms with E-state index >= 15 is 0 Å². The van der Waals surface area contributed by atoms with Crippen molar-refractivity contribution in [2.24, 2.45) is 0 Å². The molecule has 0 spiro atoms. The number of unbranched alkanes of at least 4 members (excludes halogenated alkanes) is 15. The van der Waals surface area contributed by atoms with E-state index in [1.165, 1.54) is 96.3 Å². The highest BCUT2D eigenvalue weighted by Crippen LogP contribution is 2.14. The summed E-state index contributed by atoms with van der Waals surface area (Å²) in [4.78, 5) is 0. The number of ether oxygens (including phenoxy) is 6. The molecule has 0 bridgehead atoms.